The minimum atomic E-state index is -0.541. The van der Waals surface area contributed by atoms with Gasteiger partial charge in [0.05, 0.1) is 0 Å². The molecule has 0 spiro atoms. The van der Waals surface area contributed by atoms with E-state index in [1.807, 2.05) is 47.4 Å². The quantitative estimate of drug-likeness (QED) is 0.672. The van der Waals surface area contributed by atoms with Gasteiger partial charge in [0, 0.05) is 25.3 Å². The van der Waals surface area contributed by atoms with Gasteiger partial charge in [-0.15, -0.1) is 0 Å². The number of nitrogens with one attached hydrogen (secondary N) is 1. The van der Waals surface area contributed by atoms with E-state index in [4.69, 9.17) is 5.11 Å². The molecule has 2 N–H and O–H groups in total. The van der Waals surface area contributed by atoms with E-state index in [0.29, 0.717) is 24.8 Å². The highest BCUT2D eigenvalue weighted by atomic mass is 16.3. The lowest BCUT2D eigenvalue weighted by Crippen LogP contribution is -2.50. The Balaban J connectivity index is 1.67. The monoisotopic (exact) mass is 394 g/mol. The second kappa shape index (κ2) is 10.8. The van der Waals surface area contributed by atoms with Gasteiger partial charge >= 0.3 is 0 Å². The second-order valence-corrected chi connectivity index (χ2v) is 7.57. The van der Waals surface area contributed by atoms with E-state index in [9.17, 15) is 9.59 Å². The maximum atomic E-state index is 12.9. The molecule has 1 fully saturated rings. The molecule has 0 saturated carbocycles. The molecule has 2 amide bonds. The van der Waals surface area contributed by atoms with Crippen LogP contribution in [0.3, 0.4) is 0 Å². The van der Waals surface area contributed by atoms with Crippen molar-refractivity contribution in [3.63, 3.8) is 0 Å². The minimum absolute atomic E-state index is 0.00287. The average molecular weight is 395 g/mol. The average Bonchev–Trinajstić information content (AvgIpc) is 2.79. The molecule has 1 heterocycles. The first-order valence-corrected chi connectivity index (χ1v) is 10.5. The number of carbonyl (C=O) groups excluding carboxylic acids is 2. The van der Waals surface area contributed by atoms with Crippen molar-refractivity contribution in [3.8, 4) is 11.1 Å². The predicted molar refractivity (Wildman–Crippen MR) is 115 cm³/mol. The number of aliphatic hydroxyl groups is 1. The van der Waals surface area contributed by atoms with Crippen LogP contribution in [0.25, 0.3) is 11.1 Å². The van der Waals surface area contributed by atoms with Crippen LogP contribution in [-0.2, 0) is 4.79 Å². The van der Waals surface area contributed by atoms with E-state index in [1.165, 1.54) is 0 Å². The van der Waals surface area contributed by atoms with E-state index in [2.05, 4.69) is 5.32 Å². The van der Waals surface area contributed by atoms with Gasteiger partial charge in [-0.05, 0) is 61.8 Å². The summed E-state index contributed by atoms with van der Waals surface area (Å²) in [6, 6.07) is 16.9. The number of nitrogens with zero attached hydrogens (tertiary/aromatic N) is 1. The summed E-state index contributed by atoms with van der Waals surface area (Å²) >= 11 is 0. The zero-order valence-electron chi connectivity index (χ0n) is 16.8. The molecule has 1 aliphatic heterocycles. The van der Waals surface area contributed by atoms with Crippen LogP contribution in [0.2, 0.25) is 0 Å². The number of piperidine rings is 1. The lowest BCUT2D eigenvalue weighted by molar-refractivity contribution is -0.134. The fraction of sp³-hybridized carbons (Fsp3) is 0.417. The second-order valence-electron chi connectivity index (χ2n) is 7.57. The third-order valence-corrected chi connectivity index (χ3v) is 5.43. The van der Waals surface area contributed by atoms with Crippen LogP contribution in [0.1, 0.15) is 48.9 Å². The first-order chi connectivity index (χ1) is 14.2. The molecule has 0 bridgehead atoms. The largest absolute Gasteiger partial charge is 0.396 e. The van der Waals surface area contributed by atoms with E-state index >= 15 is 0 Å². The molecule has 29 heavy (non-hydrogen) atoms. The van der Waals surface area contributed by atoms with Gasteiger partial charge < -0.3 is 15.3 Å². The molecule has 0 aromatic heterocycles. The lowest BCUT2D eigenvalue weighted by Gasteiger charge is -2.31. The molecule has 5 heteroatoms. The Morgan fingerprint density at radius 3 is 2.21 bits per heavy atom. The molecule has 2 aromatic carbocycles. The summed E-state index contributed by atoms with van der Waals surface area (Å²) in [6.45, 7) is 1.62. The predicted octanol–water partition coefficient (Wildman–Crippen LogP) is 3.63. The summed E-state index contributed by atoms with van der Waals surface area (Å²) in [6.07, 6.45) is 5.07. The number of hydrogen-bond donors (Lipinski definition) is 2. The van der Waals surface area contributed by atoms with Gasteiger partial charge in [0.15, 0.2) is 0 Å². The van der Waals surface area contributed by atoms with Gasteiger partial charge in [0.2, 0.25) is 5.91 Å². The number of aliphatic hydroxyl groups excluding tert-OH is 1. The molecular formula is C24H30N2O3. The molecule has 1 atom stereocenters. The van der Waals surface area contributed by atoms with Crippen molar-refractivity contribution in [3.05, 3.63) is 60.2 Å². The van der Waals surface area contributed by atoms with Crippen molar-refractivity contribution in [2.75, 3.05) is 19.7 Å². The third kappa shape index (κ3) is 5.91. The van der Waals surface area contributed by atoms with Crippen molar-refractivity contribution in [1.82, 2.24) is 10.2 Å². The van der Waals surface area contributed by atoms with Crippen LogP contribution < -0.4 is 5.32 Å². The van der Waals surface area contributed by atoms with Gasteiger partial charge in [-0.3, -0.25) is 9.59 Å². The molecule has 3 rings (SSSR count). The molecule has 1 unspecified atom stereocenters. The van der Waals surface area contributed by atoms with E-state index < -0.39 is 6.04 Å². The number of amides is 2. The van der Waals surface area contributed by atoms with Crippen molar-refractivity contribution >= 4 is 11.8 Å². The molecule has 154 valence electrons. The standard InChI is InChI=1S/C24H30N2O3/c27-18-8-5-11-22(24(29)26-16-6-2-7-17-26)25-23(28)21-14-12-20(13-15-21)19-9-3-1-4-10-19/h1,3-4,9-10,12-15,22,27H,2,5-8,11,16-18H2,(H,25,28). The molecule has 5 nitrogen and oxygen atoms in total. The number of rotatable bonds is 8. The van der Waals surface area contributed by atoms with E-state index in [0.717, 1.165) is 43.5 Å². The molecular weight excluding hydrogens is 364 g/mol. The summed E-state index contributed by atoms with van der Waals surface area (Å²) < 4.78 is 0. The van der Waals surface area contributed by atoms with Crippen LogP contribution in [0.5, 0.6) is 0 Å². The van der Waals surface area contributed by atoms with E-state index in [1.54, 1.807) is 12.1 Å². The van der Waals surface area contributed by atoms with Gasteiger partial charge in [-0.1, -0.05) is 42.5 Å². The van der Waals surface area contributed by atoms with Crippen LogP contribution >= 0.6 is 0 Å². The van der Waals surface area contributed by atoms with Crippen molar-refractivity contribution in [2.24, 2.45) is 0 Å². The zero-order valence-corrected chi connectivity index (χ0v) is 16.8. The summed E-state index contributed by atoms with van der Waals surface area (Å²) in [4.78, 5) is 27.6. The summed E-state index contributed by atoms with van der Waals surface area (Å²) in [7, 11) is 0. The minimum Gasteiger partial charge on any atom is -0.396 e. The number of unbranched alkanes of at least 4 members (excludes halogenated alkanes) is 1. The molecule has 2 aromatic rings. The highest BCUT2D eigenvalue weighted by Gasteiger charge is 2.26. The van der Waals surface area contributed by atoms with Gasteiger partial charge in [0.25, 0.3) is 5.91 Å². The molecule has 0 radical (unpaired) electrons. The Bertz CT molecular complexity index is 784. The van der Waals surface area contributed by atoms with Crippen LogP contribution in [0, 0.1) is 0 Å². The first-order valence-electron chi connectivity index (χ1n) is 10.5. The van der Waals surface area contributed by atoms with Gasteiger partial charge in [0.1, 0.15) is 6.04 Å². The van der Waals surface area contributed by atoms with Crippen LogP contribution in [-0.4, -0.2) is 47.6 Å². The SMILES string of the molecule is O=C(NC(CCCCO)C(=O)N1CCCCC1)c1ccc(-c2ccccc2)cc1. The van der Waals surface area contributed by atoms with Crippen molar-refractivity contribution in [1.29, 1.82) is 0 Å². The topological polar surface area (TPSA) is 69.6 Å². The van der Waals surface area contributed by atoms with Crippen LogP contribution in [0.4, 0.5) is 0 Å². The summed E-state index contributed by atoms with van der Waals surface area (Å²) in [5.74, 6) is -0.235. The fourth-order valence-corrected chi connectivity index (χ4v) is 3.74. The Labute approximate surface area is 172 Å². The Morgan fingerprint density at radius 2 is 1.55 bits per heavy atom. The molecule has 1 aliphatic rings. The summed E-state index contributed by atoms with van der Waals surface area (Å²) in [5.41, 5.74) is 2.69. The number of hydrogen-bond acceptors (Lipinski definition) is 3. The maximum Gasteiger partial charge on any atom is 0.251 e. The highest BCUT2D eigenvalue weighted by molar-refractivity contribution is 5.97. The van der Waals surface area contributed by atoms with Crippen molar-refractivity contribution < 1.29 is 14.7 Å². The number of likely N-dealkylation sites (tertiary alicyclic amines) is 1. The summed E-state index contributed by atoms with van der Waals surface area (Å²) in [5, 5.41) is 12.0. The smallest absolute Gasteiger partial charge is 0.251 e. The number of benzene rings is 2. The first kappa shape index (κ1) is 21.1. The fourth-order valence-electron chi connectivity index (χ4n) is 3.74. The Morgan fingerprint density at radius 1 is 0.897 bits per heavy atom. The van der Waals surface area contributed by atoms with Crippen LogP contribution in [0.15, 0.2) is 54.6 Å². The third-order valence-electron chi connectivity index (χ3n) is 5.43. The Kier molecular flexibility index (Phi) is 7.82. The Hall–Kier alpha value is -2.66. The van der Waals surface area contributed by atoms with E-state index in [-0.39, 0.29) is 18.4 Å². The highest BCUT2D eigenvalue weighted by Crippen LogP contribution is 2.19. The molecule has 0 aliphatic carbocycles. The zero-order chi connectivity index (χ0) is 20.5. The molecule has 1 saturated heterocycles. The van der Waals surface area contributed by atoms with Gasteiger partial charge in [-0.25, -0.2) is 0 Å². The van der Waals surface area contributed by atoms with Gasteiger partial charge in [-0.2, -0.15) is 0 Å². The number of carbonyl (C=O) groups is 2. The normalized spacial score (nSPS) is 15.0. The maximum absolute atomic E-state index is 12.9. The van der Waals surface area contributed by atoms with Crippen molar-refractivity contribution in [2.45, 2.75) is 44.6 Å². The lowest BCUT2D eigenvalue weighted by atomic mass is 10.0.